The van der Waals surface area contributed by atoms with Gasteiger partial charge in [-0.3, -0.25) is 14.5 Å². The van der Waals surface area contributed by atoms with Gasteiger partial charge in [0.05, 0.1) is 24.7 Å². The molecule has 29 heavy (non-hydrogen) atoms. The number of carbonyl (C=O) groups is 2. The Morgan fingerprint density at radius 3 is 2.34 bits per heavy atom. The van der Waals surface area contributed by atoms with E-state index in [4.69, 9.17) is 9.47 Å². The van der Waals surface area contributed by atoms with Crippen LogP contribution >= 0.6 is 15.9 Å². The second-order valence-electron chi connectivity index (χ2n) is 7.49. The molecule has 8 heteroatoms. The molecule has 7 nitrogen and oxygen atoms in total. The van der Waals surface area contributed by atoms with E-state index < -0.39 is 0 Å². The molecule has 0 saturated carbocycles. The van der Waals surface area contributed by atoms with Gasteiger partial charge >= 0.3 is 0 Å². The van der Waals surface area contributed by atoms with Crippen molar-refractivity contribution in [3.63, 3.8) is 0 Å². The van der Waals surface area contributed by atoms with Crippen LogP contribution in [0.4, 0.5) is 0 Å². The second kappa shape index (κ2) is 10.3. The van der Waals surface area contributed by atoms with E-state index in [1.165, 1.54) is 0 Å². The van der Waals surface area contributed by atoms with Crippen molar-refractivity contribution in [2.45, 2.75) is 26.2 Å². The molecule has 0 atom stereocenters. The molecule has 2 aliphatic heterocycles. The van der Waals surface area contributed by atoms with Gasteiger partial charge in [0.15, 0.2) is 11.5 Å². The number of hydrogen-bond acceptors (Lipinski definition) is 5. The molecule has 0 N–H and O–H groups in total. The molecule has 2 heterocycles. The molecule has 0 aromatic heterocycles. The number of amides is 2. The molecule has 1 aromatic rings. The van der Waals surface area contributed by atoms with Gasteiger partial charge in [-0.25, -0.2) is 0 Å². The second-order valence-corrected chi connectivity index (χ2v) is 8.35. The number of methoxy groups -OCH3 is 1. The number of carbonyl (C=O) groups excluding carboxylic acids is 2. The van der Waals surface area contributed by atoms with Crippen molar-refractivity contribution in [1.82, 2.24) is 14.7 Å². The van der Waals surface area contributed by atoms with Crippen molar-refractivity contribution in [1.29, 1.82) is 0 Å². The third kappa shape index (κ3) is 5.42. The van der Waals surface area contributed by atoms with Gasteiger partial charge in [-0.1, -0.05) is 6.92 Å². The zero-order chi connectivity index (χ0) is 20.8. The van der Waals surface area contributed by atoms with Gasteiger partial charge < -0.3 is 19.3 Å². The summed E-state index contributed by atoms with van der Waals surface area (Å²) in [6.45, 7) is 7.47. The number of hydrogen-bond donors (Lipinski definition) is 0. The minimum atomic E-state index is -0.0310. The molecule has 2 saturated heterocycles. The number of likely N-dealkylation sites (tertiary alicyclic amines) is 1. The molecular weight excluding hydrogens is 438 g/mol. The molecule has 0 aliphatic carbocycles. The molecule has 2 fully saturated rings. The number of piperazine rings is 1. The van der Waals surface area contributed by atoms with Crippen LogP contribution in [0.2, 0.25) is 0 Å². The lowest BCUT2D eigenvalue weighted by atomic mass is 10.1. The summed E-state index contributed by atoms with van der Waals surface area (Å²) in [5.74, 6) is 1.34. The van der Waals surface area contributed by atoms with Crippen LogP contribution in [0, 0.1) is 0 Å². The maximum absolute atomic E-state index is 13.0. The predicted molar refractivity (Wildman–Crippen MR) is 115 cm³/mol. The summed E-state index contributed by atoms with van der Waals surface area (Å²) in [6.07, 6.45) is 3.10. The summed E-state index contributed by atoms with van der Waals surface area (Å²) in [5.41, 5.74) is 0.569. The fourth-order valence-electron chi connectivity index (χ4n) is 3.74. The third-order valence-corrected chi connectivity index (χ3v) is 5.99. The number of nitrogens with zero attached hydrogens (tertiary/aromatic N) is 3. The minimum absolute atomic E-state index is 0.0310. The Balaban J connectivity index is 1.58. The Morgan fingerprint density at radius 2 is 1.72 bits per heavy atom. The van der Waals surface area contributed by atoms with Crippen molar-refractivity contribution < 1.29 is 19.1 Å². The van der Waals surface area contributed by atoms with Gasteiger partial charge in [0.2, 0.25) is 5.91 Å². The van der Waals surface area contributed by atoms with Crippen LogP contribution in [-0.2, 0) is 4.79 Å². The summed E-state index contributed by atoms with van der Waals surface area (Å²) in [4.78, 5) is 31.3. The minimum Gasteiger partial charge on any atom is -0.493 e. The normalized spacial score (nSPS) is 17.5. The van der Waals surface area contributed by atoms with Crippen LogP contribution in [0.5, 0.6) is 11.5 Å². The van der Waals surface area contributed by atoms with Crippen molar-refractivity contribution in [2.75, 3.05) is 59.5 Å². The number of ether oxygens (including phenoxy) is 2. The maximum Gasteiger partial charge on any atom is 0.254 e. The summed E-state index contributed by atoms with van der Waals surface area (Å²) < 4.78 is 11.9. The zero-order valence-electron chi connectivity index (χ0n) is 17.3. The first-order valence-electron chi connectivity index (χ1n) is 10.3. The molecule has 0 bridgehead atoms. The molecule has 0 spiro atoms. The molecule has 1 aromatic carbocycles. The van der Waals surface area contributed by atoms with E-state index in [9.17, 15) is 9.59 Å². The Morgan fingerprint density at radius 1 is 1.03 bits per heavy atom. The highest BCUT2D eigenvalue weighted by Gasteiger charge is 2.26. The third-order valence-electron chi connectivity index (χ3n) is 5.40. The maximum atomic E-state index is 13.0. The summed E-state index contributed by atoms with van der Waals surface area (Å²) in [7, 11) is 1.57. The standard InChI is InChI=1S/C21H30BrN3O4/c1-3-12-29-20-17(22)13-16(14-18(20)28-2)21(27)25-10-8-23(9-11-25)15-19(26)24-6-4-5-7-24/h13-14H,3-12,15H2,1-2H3. The van der Waals surface area contributed by atoms with Gasteiger partial charge in [-0.2, -0.15) is 0 Å². The van der Waals surface area contributed by atoms with Gasteiger partial charge in [0.1, 0.15) is 0 Å². The van der Waals surface area contributed by atoms with Crippen LogP contribution in [0.3, 0.4) is 0 Å². The van der Waals surface area contributed by atoms with E-state index in [-0.39, 0.29) is 11.8 Å². The molecule has 0 unspecified atom stereocenters. The molecular formula is C21H30BrN3O4. The van der Waals surface area contributed by atoms with E-state index in [0.717, 1.165) is 32.4 Å². The van der Waals surface area contributed by atoms with Crippen LogP contribution in [0.1, 0.15) is 36.5 Å². The predicted octanol–water partition coefficient (Wildman–Crippen LogP) is 2.63. The first kappa shape index (κ1) is 21.9. The smallest absolute Gasteiger partial charge is 0.254 e. The first-order chi connectivity index (χ1) is 14.0. The molecule has 2 aliphatic rings. The quantitative estimate of drug-likeness (QED) is 0.616. The lowest BCUT2D eigenvalue weighted by molar-refractivity contribution is -0.131. The van der Waals surface area contributed by atoms with Crippen molar-refractivity contribution in [2.24, 2.45) is 0 Å². The average molecular weight is 468 g/mol. The van der Waals surface area contributed by atoms with E-state index in [0.29, 0.717) is 60.9 Å². The first-order valence-corrected chi connectivity index (χ1v) is 11.1. The van der Waals surface area contributed by atoms with E-state index in [2.05, 4.69) is 20.8 Å². The molecule has 160 valence electrons. The van der Waals surface area contributed by atoms with Gasteiger partial charge in [0.25, 0.3) is 5.91 Å². The highest BCUT2D eigenvalue weighted by molar-refractivity contribution is 9.10. The number of halogens is 1. The largest absolute Gasteiger partial charge is 0.493 e. The Bertz CT molecular complexity index is 729. The van der Waals surface area contributed by atoms with Crippen molar-refractivity contribution >= 4 is 27.7 Å². The topological polar surface area (TPSA) is 62.3 Å². The SMILES string of the molecule is CCCOc1c(Br)cc(C(=O)N2CCN(CC(=O)N3CCCC3)CC2)cc1OC. The lowest BCUT2D eigenvalue weighted by Crippen LogP contribution is -2.51. The van der Waals surface area contributed by atoms with E-state index in [1.807, 2.05) is 16.7 Å². The lowest BCUT2D eigenvalue weighted by Gasteiger charge is -2.35. The summed E-state index contributed by atoms with van der Waals surface area (Å²) in [5, 5.41) is 0. The fourth-order valence-corrected chi connectivity index (χ4v) is 4.29. The average Bonchev–Trinajstić information content (AvgIpc) is 3.27. The fraction of sp³-hybridized carbons (Fsp3) is 0.619. The van der Waals surface area contributed by atoms with Crippen LogP contribution in [-0.4, -0.2) is 86.0 Å². The molecule has 2 amide bonds. The van der Waals surface area contributed by atoms with Gasteiger partial charge in [-0.05, 0) is 47.3 Å². The van der Waals surface area contributed by atoms with Crippen molar-refractivity contribution in [3.8, 4) is 11.5 Å². The van der Waals surface area contributed by atoms with E-state index >= 15 is 0 Å². The van der Waals surface area contributed by atoms with Gasteiger partial charge in [0, 0.05) is 44.8 Å². The Hall–Kier alpha value is -1.80. The summed E-state index contributed by atoms with van der Waals surface area (Å²) in [6, 6.07) is 3.53. The summed E-state index contributed by atoms with van der Waals surface area (Å²) >= 11 is 3.50. The van der Waals surface area contributed by atoms with E-state index in [1.54, 1.807) is 19.2 Å². The number of rotatable bonds is 7. The Labute approximate surface area is 181 Å². The highest BCUT2D eigenvalue weighted by Crippen LogP contribution is 2.37. The van der Waals surface area contributed by atoms with Crippen molar-refractivity contribution in [3.05, 3.63) is 22.2 Å². The molecule has 0 radical (unpaired) electrons. The van der Waals surface area contributed by atoms with Crippen LogP contribution < -0.4 is 9.47 Å². The van der Waals surface area contributed by atoms with Gasteiger partial charge in [-0.15, -0.1) is 0 Å². The van der Waals surface area contributed by atoms with Crippen LogP contribution in [0.15, 0.2) is 16.6 Å². The monoisotopic (exact) mass is 467 g/mol. The van der Waals surface area contributed by atoms with Crippen LogP contribution in [0.25, 0.3) is 0 Å². The zero-order valence-corrected chi connectivity index (χ0v) is 18.9. The highest BCUT2D eigenvalue weighted by atomic mass is 79.9. The number of benzene rings is 1. The molecule has 3 rings (SSSR count). The Kier molecular flexibility index (Phi) is 7.77.